The number of hydrogen-bond acceptors (Lipinski definition) is 10. The second kappa shape index (κ2) is 13.1. The fraction of sp³-hybridized carbons (Fsp3) is 0.267. The summed E-state index contributed by atoms with van der Waals surface area (Å²) in [5.41, 5.74) is 2.92. The molecule has 1 atom stereocenters. The van der Waals surface area contributed by atoms with Crippen molar-refractivity contribution in [1.82, 2.24) is 15.0 Å². The van der Waals surface area contributed by atoms with E-state index in [2.05, 4.69) is 14.9 Å². The SMILES string of the molecule is COc1ccc(CN(Cc2ccc(OC)cc2)c2ncccc2C(C)N(C)c2nc(S(C)(=O)=O)nc(Cl)c2C#N)cc1. The zero-order valence-electron chi connectivity index (χ0n) is 23.9. The summed E-state index contributed by atoms with van der Waals surface area (Å²) in [4.78, 5) is 16.7. The summed E-state index contributed by atoms with van der Waals surface area (Å²) in [5.74, 6) is 2.35. The number of benzene rings is 2. The zero-order valence-corrected chi connectivity index (χ0v) is 25.5. The number of rotatable bonds is 11. The number of hydrogen-bond donors (Lipinski definition) is 0. The van der Waals surface area contributed by atoms with Gasteiger partial charge in [0.15, 0.2) is 11.0 Å². The molecule has 0 bridgehead atoms. The van der Waals surface area contributed by atoms with Crippen LogP contribution in [0, 0.1) is 11.3 Å². The van der Waals surface area contributed by atoms with Crippen LogP contribution < -0.4 is 19.3 Å². The van der Waals surface area contributed by atoms with E-state index in [0.717, 1.165) is 34.4 Å². The molecule has 218 valence electrons. The molecule has 0 fully saturated rings. The van der Waals surface area contributed by atoms with E-state index in [1.807, 2.05) is 73.7 Å². The minimum atomic E-state index is -3.78. The molecule has 42 heavy (non-hydrogen) atoms. The molecule has 4 aromatic rings. The van der Waals surface area contributed by atoms with Gasteiger partial charge < -0.3 is 19.3 Å². The number of halogens is 1. The molecule has 4 rings (SSSR count). The van der Waals surface area contributed by atoms with Crippen LogP contribution in [0.5, 0.6) is 11.5 Å². The third-order valence-corrected chi connectivity index (χ3v) is 7.93. The van der Waals surface area contributed by atoms with Crippen LogP contribution in [0.1, 0.15) is 35.2 Å². The Balaban J connectivity index is 1.77. The summed E-state index contributed by atoms with van der Waals surface area (Å²) in [7, 11) is 1.21. The fourth-order valence-electron chi connectivity index (χ4n) is 4.42. The van der Waals surface area contributed by atoms with Crippen LogP contribution in [-0.2, 0) is 22.9 Å². The van der Waals surface area contributed by atoms with Gasteiger partial charge in [0.05, 0.1) is 20.3 Å². The lowest BCUT2D eigenvalue weighted by Gasteiger charge is -2.32. The van der Waals surface area contributed by atoms with Gasteiger partial charge in [0.2, 0.25) is 15.0 Å². The minimum absolute atomic E-state index is 0.0165. The van der Waals surface area contributed by atoms with Crippen LogP contribution in [0.4, 0.5) is 11.6 Å². The summed E-state index contributed by atoms with van der Waals surface area (Å²) < 4.78 is 35.2. The molecule has 2 aromatic carbocycles. The monoisotopic (exact) mass is 606 g/mol. The lowest BCUT2D eigenvalue weighted by molar-refractivity contribution is 0.414. The molecule has 12 heteroatoms. The number of nitriles is 1. The van der Waals surface area contributed by atoms with E-state index in [1.165, 1.54) is 0 Å². The van der Waals surface area contributed by atoms with Gasteiger partial charge in [-0.05, 0) is 48.4 Å². The van der Waals surface area contributed by atoms with Crippen molar-refractivity contribution in [2.45, 2.75) is 31.2 Å². The summed E-state index contributed by atoms with van der Waals surface area (Å²) >= 11 is 6.24. The second-order valence-corrected chi connectivity index (χ2v) is 11.9. The molecular weight excluding hydrogens is 576 g/mol. The van der Waals surface area contributed by atoms with Crippen LogP contribution in [0.25, 0.3) is 0 Å². The van der Waals surface area contributed by atoms with Crippen molar-refractivity contribution in [1.29, 1.82) is 5.26 Å². The summed E-state index contributed by atoms with van der Waals surface area (Å²) in [5, 5.41) is 9.13. The predicted octanol–water partition coefficient (Wildman–Crippen LogP) is 5.22. The third-order valence-electron chi connectivity index (χ3n) is 6.82. The molecule has 0 saturated carbocycles. The van der Waals surface area contributed by atoms with Crippen molar-refractivity contribution in [2.24, 2.45) is 0 Å². The lowest BCUT2D eigenvalue weighted by Crippen LogP contribution is -2.29. The molecule has 1 unspecified atom stereocenters. The first-order valence-corrected chi connectivity index (χ1v) is 15.2. The highest BCUT2D eigenvalue weighted by molar-refractivity contribution is 7.90. The molecule has 10 nitrogen and oxygen atoms in total. The number of methoxy groups -OCH3 is 2. The van der Waals surface area contributed by atoms with Gasteiger partial charge in [-0.2, -0.15) is 10.2 Å². The number of aromatic nitrogens is 3. The maximum absolute atomic E-state index is 12.3. The Morgan fingerprint density at radius 2 is 1.48 bits per heavy atom. The van der Waals surface area contributed by atoms with Crippen LogP contribution in [0.2, 0.25) is 5.15 Å². The quantitative estimate of drug-likeness (QED) is 0.166. The molecule has 0 N–H and O–H groups in total. The Bertz CT molecular complexity index is 1640. The van der Waals surface area contributed by atoms with Gasteiger partial charge >= 0.3 is 0 Å². The molecule has 2 aromatic heterocycles. The van der Waals surface area contributed by atoms with Gasteiger partial charge in [-0.25, -0.2) is 18.4 Å². The van der Waals surface area contributed by atoms with Crippen molar-refractivity contribution in [3.63, 3.8) is 0 Å². The molecular formula is C30H31ClN6O4S. The maximum atomic E-state index is 12.3. The van der Waals surface area contributed by atoms with Gasteiger partial charge in [0, 0.05) is 38.2 Å². The average molecular weight is 607 g/mol. The van der Waals surface area contributed by atoms with Crippen molar-refractivity contribution < 1.29 is 17.9 Å². The van der Waals surface area contributed by atoms with Crippen LogP contribution in [-0.4, -0.2) is 50.9 Å². The van der Waals surface area contributed by atoms with Gasteiger partial charge in [-0.3, -0.25) is 0 Å². The molecule has 0 spiro atoms. The Morgan fingerprint density at radius 3 is 1.95 bits per heavy atom. The minimum Gasteiger partial charge on any atom is -0.497 e. The van der Waals surface area contributed by atoms with Crippen LogP contribution in [0.15, 0.2) is 72.0 Å². The lowest BCUT2D eigenvalue weighted by atomic mass is 10.1. The van der Waals surface area contributed by atoms with Crippen LogP contribution >= 0.6 is 11.6 Å². The molecule has 0 aliphatic carbocycles. The first-order chi connectivity index (χ1) is 20.0. The van der Waals surface area contributed by atoms with E-state index in [1.54, 1.807) is 32.4 Å². The first kappa shape index (κ1) is 30.6. The molecule has 0 saturated heterocycles. The molecule has 0 aliphatic heterocycles. The number of pyridine rings is 1. The Hall–Kier alpha value is -4.40. The standard InChI is InChI=1S/C30H31ClN6O4S/c1-20(36(2)29-26(17-32)27(31)34-30(35-29)42(5,38)39)25-7-6-16-33-28(25)37(18-21-8-12-23(40-3)13-9-21)19-22-10-14-24(41-4)15-11-22/h6-16,20H,18-19H2,1-5H3. The van der Waals surface area contributed by atoms with Gasteiger partial charge in [0.25, 0.3) is 0 Å². The summed E-state index contributed by atoms with van der Waals surface area (Å²) in [6.45, 7) is 3.01. The highest BCUT2D eigenvalue weighted by Gasteiger charge is 2.27. The Morgan fingerprint density at radius 1 is 0.929 bits per heavy atom. The van der Waals surface area contributed by atoms with E-state index in [-0.39, 0.29) is 16.5 Å². The van der Waals surface area contributed by atoms with E-state index >= 15 is 0 Å². The van der Waals surface area contributed by atoms with Crippen molar-refractivity contribution in [3.8, 4) is 17.6 Å². The van der Waals surface area contributed by atoms with Crippen LogP contribution in [0.3, 0.4) is 0 Å². The normalized spacial score (nSPS) is 11.8. The topological polar surface area (TPSA) is 122 Å². The fourth-order valence-corrected chi connectivity index (χ4v) is 5.19. The third kappa shape index (κ3) is 6.90. The van der Waals surface area contributed by atoms with E-state index < -0.39 is 21.0 Å². The van der Waals surface area contributed by atoms with E-state index in [9.17, 15) is 13.7 Å². The van der Waals surface area contributed by atoms with Crippen molar-refractivity contribution in [3.05, 3.63) is 94.3 Å². The van der Waals surface area contributed by atoms with E-state index in [4.69, 9.17) is 26.1 Å². The van der Waals surface area contributed by atoms with Gasteiger partial charge in [-0.15, -0.1) is 0 Å². The molecule has 0 amide bonds. The molecule has 0 radical (unpaired) electrons. The zero-order chi connectivity index (χ0) is 30.4. The predicted molar refractivity (Wildman–Crippen MR) is 162 cm³/mol. The van der Waals surface area contributed by atoms with Crippen molar-refractivity contribution >= 4 is 33.1 Å². The highest BCUT2D eigenvalue weighted by atomic mass is 35.5. The van der Waals surface area contributed by atoms with Gasteiger partial charge in [0.1, 0.15) is 28.9 Å². The highest BCUT2D eigenvalue weighted by Crippen LogP contribution is 2.34. The number of nitrogens with zero attached hydrogens (tertiary/aromatic N) is 6. The maximum Gasteiger partial charge on any atom is 0.250 e. The largest absolute Gasteiger partial charge is 0.497 e. The Kier molecular flexibility index (Phi) is 9.50. The summed E-state index contributed by atoms with van der Waals surface area (Å²) in [6.07, 6.45) is 2.72. The Labute approximate surface area is 251 Å². The molecule has 0 aliphatic rings. The summed E-state index contributed by atoms with van der Waals surface area (Å²) in [6, 6.07) is 21.1. The van der Waals surface area contributed by atoms with E-state index in [0.29, 0.717) is 18.9 Å². The smallest absolute Gasteiger partial charge is 0.250 e. The van der Waals surface area contributed by atoms with Crippen molar-refractivity contribution in [2.75, 3.05) is 37.3 Å². The first-order valence-electron chi connectivity index (χ1n) is 12.9. The number of sulfone groups is 1. The van der Waals surface area contributed by atoms with Gasteiger partial charge in [-0.1, -0.05) is 41.9 Å². The number of anilines is 2. The average Bonchev–Trinajstić information content (AvgIpc) is 2.99. The second-order valence-electron chi connectivity index (χ2n) is 9.63. The molecule has 2 heterocycles. The number of ether oxygens (including phenoxy) is 2.